The Balaban J connectivity index is 0.000000200. The van der Waals surface area contributed by atoms with Crippen molar-refractivity contribution in [3.05, 3.63) is 35.4 Å². The number of halogens is 4. The fourth-order valence-corrected chi connectivity index (χ4v) is 0.965. The van der Waals surface area contributed by atoms with Crippen LogP contribution in [0.3, 0.4) is 0 Å². The molecule has 0 aliphatic rings. The highest BCUT2D eigenvalue weighted by molar-refractivity contribution is 6.28. The minimum absolute atomic E-state index is 0.00776. The minimum Gasteiger partial charge on any atom is -0.505 e. The van der Waals surface area contributed by atoms with Gasteiger partial charge in [-0.2, -0.15) is 8.78 Å². The largest absolute Gasteiger partial charge is 0.505 e. The van der Waals surface area contributed by atoms with E-state index in [9.17, 15) is 8.78 Å². The molecule has 0 atom stereocenters. The van der Waals surface area contributed by atoms with Crippen LogP contribution in [0.4, 0.5) is 8.78 Å². The van der Waals surface area contributed by atoms with Gasteiger partial charge in [0.1, 0.15) is 0 Å². The van der Waals surface area contributed by atoms with Crippen LogP contribution in [0.1, 0.15) is 0 Å². The average Bonchev–Trinajstić information content (AvgIpc) is 2.36. The predicted molar refractivity (Wildman–Crippen MR) is 62.4 cm³/mol. The lowest BCUT2D eigenvalue weighted by Crippen LogP contribution is -2.02. The molecule has 1 N–H and O–H groups in total. The third-order valence-electron chi connectivity index (χ3n) is 1.43. The van der Waals surface area contributed by atoms with Gasteiger partial charge in [-0.05, 0) is 23.2 Å². The highest BCUT2D eigenvalue weighted by Gasteiger charge is 2.03. The van der Waals surface area contributed by atoms with Gasteiger partial charge < -0.3 is 9.84 Å². The highest BCUT2D eigenvalue weighted by atomic mass is 35.5. The molecule has 0 radical (unpaired) electrons. The molecule has 0 saturated carbocycles. The van der Waals surface area contributed by atoms with E-state index in [-0.39, 0.29) is 22.1 Å². The second kappa shape index (κ2) is 7.59. The number of nitrogens with zero attached hydrogens (tertiary/aromatic N) is 4. The van der Waals surface area contributed by atoms with Gasteiger partial charge in [0.2, 0.25) is 10.6 Å². The number of alkyl halides is 2. The molecule has 0 aliphatic heterocycles. The van der Waals surface area contributed by atoms with Crippen molar-refractivity contribution in [2.75, 3.05) is 0 Å². The fourth-order valence-electron chi connectivity index (χ4n) is 0.770. The van der Waals surface area contributed by atoms with Crippen molar-refractivity contribution in [2.24, 2.45) is 0 Å². The van der Waals surface area contributed by atoms with Gasteiger partial charge in [0.25, 0.3) is 0 Å². The lowest BCUT2D eigenvalue weighted by atomic mass is 10.6. The molecule has 0 fully saturated rings. The SMILES string of the molecule is FC(F)Oc1cnc(Cl)nc1.Oc1cnc(Cl)nc1. The Labute approximate surface area is 116 Å². The van der Waals surface area contributed by atoms with E-state index in [2.05, 4.69) is 24.7 Å². The Hall–Kier alpha value is -1.80. The molecule has 2 aromatic rings. The summed E-state index contributed by atoms with van der Waals surface area (Å²) in [5, 5.41) is 8.71. The van der Waals surface area contributed by atoms with Crippen LogP contribution in [-0.4, -0.2) is 31.7 Å². The standard InChI is InChI=1S/C5H3ClF2N2O.C4H3ClN2O/c6-4-9-1-3(2-10-4)11-5(7)8;5-4-6-1-3(8)2-7-4/h1-2,5H;1-2,8H. The Kier molecular flexibility index (Phi) is 6.10. The van der Waals surface area contributed by atoms with Gasteiger partial charge in [-0.15, -0.1) is 0 Å². The molecule has 0 aliphatic carbocycles. The van der Waals surface area contributed by atoms with Crippen molar-refractivity contribution in [3.8, 4) is 11.5 Å². The van der Waals surface area contributed by atoms with Crippen molar-refractivity contribution >= 4 is 23.2 Å². The monoisotopic (exact) mass is 310 g/mol. The summed E-state index contributed by atoms with van der Waals surface area (Å²) < 4.78 is 27.0. The third-order valence-corrected chi connectivity index (χ3v) is 1.82. The summed E-state index contributed by atoms with van der Waals surface area (Å²) >= 11 is 10.6. The van der Waals surface area contributed by atoms with Gasteiger partial charge >= 0.3 is 6.61 Å². The van der Waals surface area contributed by atoms with Crippen molar-refractivity contribution in [1.29, 1.82) is 0 Å². The first-order valence-corrected chi connectivity index (χ1v) is 5.32. The number of hydrogen-bond acceptors (Lipinski definition) is 6. The van der Waals surface area contributed by atoms with Crippen LogP contribution in [0, 0.1) is 0 Å². The summed E-state index contributed by atoms with van der Waals surface area (Å²) in [6, 6.07) is 0. The first-order chi connectivity index (χ1) is 8.97. The normalized spacial score (nSPS) is 9.74. The maximum atomic E-state index is 11.5. The molecule has 0 amide bonds. The smallest absolute Gasteiger partial charge is 0.387 e. The molecule has 0 bridgehead atoms. The molecule has 0 saturated heterocycles. The lowest BCUT2D eigenvalue weighted by molar-refractivity contribution is -0.0503. The number of aromatic nitrogens is 4. The van der Waals surface area contributed by atoms with Crippen molar-refractivity contribution < 1.29 is 18.6 Å². The highest BCUT2D eigenvalue weighted by Crippen LogP contribution is 2.11. The van der Waals surface area contributed by atoms with Crippen LogP contribution < -0.4 is 4.74 Å². The molecule has 102 valence electrons. The molecular formula is C9H6Cl2F2N4O2. The summed E-state index contributed by atoms with van der Waals surface area (Å²) in [4.78, 5) is 13.8. The van der Waals surface area contributed by atoms with Gasteiger partial charge in [0.05, 0.1) is 24.8 Å². The van der Waals surface area contributed by atoms with E-state index in [0.717, 1.165) is 12.4 Å². The summed E-state index contributed by atoms with van der Waals surface area (Å²) in [6.07, 6.45) is 4.60. The van der Waals surface area contributed by atoms with Gasteiger partial charge in [0.15, 0.2) is 11.5 Å². The summed E-state index contributed by atoms with van der Waals surface area (Å²) in [7, 11) is 0. The zero-order valence-electron chi connectivity index (χ0n) is 9.04. The van der Waals surface area contributed by atoms with Gasteiger partial charge in [0, 0.05) is 0 Å². The molecule has 0 unspecified atom stereocenters. The van der Waals surface area contributed by atoms with Crippen LogP contribution >= 0.6 is 23.2 Å². The quantitative estimate of drug-likeness (QED) is 0.859. The van der Waals surface area contributed by atoms with E-state index in [1.807, 2.05) is 0 Å². The second-order valence-electron chi connectivity index (χ2n) is 2.78. The third kappa shape index (κ3) is 6.63. The molecule has 2 aromatic heterocycles. The maximum Gasteiger partial charge on any atom is 0.387 e. The van der Waals surface area contributed by atoms with Gasteiger partial charge in [-0.1, -0.05) is 0 Å². The molecular weight excluding hydrogens is 305 g/mol. The number of rotatable bonds is 2. The van der Waals surface area contributed by atoms with E-state index in [1.165, 1.54) is 12.4 Å². The Morgan fingerprint density at radius 2 is 1.37 bits per heavy atom. The molecule has 2 heterocycles. The fraction of sp³-hybridized carbons (Fsp3) is 0.111. The minimum atomic E-state index is -2.86. The Bertz CT molecular complexity index is 478. The molecule has 0 aromatic carbocycles. The molecule has 6 nitrogen and oxygen atoms in total. The van der Waals surface area contributed by atoms with Gasteiger partial charge in [-0.25, -0.2) is 19.9 Å². The van der Waals surface area contributed by atoms with Gasteiger partial charge in [-0.3, -0.25) is 0 Å². The van der Waals surface area contributed by atoms with Crippen LogP contribution in [-0.2, 0) is 0 Å². The van der Waals surface area contributed by atoms with Crippen molar-refractivity contribution in [2.45, 2.75) is 6.61 Å². The summed E-state index contributed by atoms with van der Waals surface area (Å²) in [6.45, 7) is -2.86. The van der Waals surface area contributed by atoms with E-state index < -0.39 is 6.61 Å². The van der Waals surface area contributed by atoms with Crippen LogP contribution in [0.5, 0.6) is 11.5 Å². The van der Waals surface area contributed by atoms with Crippen LogP contribution in [0.15, 0.2) is 24.8 Å². The molecule has 19 heavy (non-hydrogen) atoms. The zero-order valence-corrected chi connectivity index (χ0v) is 10.6. The Morgan fingerprint density at radius 3 is 1.74 bits per heavy atom. The van der Waals surface area contributed by atoms with E-state index in [4.69, 9.17) is 28.3 Å². The first kappa shape index (κ1) is 15.3. The van der Waals surface area contributed by atoms with E-state index in [0.29, 0.717) is 0 Å². The first-order valence-electron chi connectivity index (χ1n) is 4.56. The average molecular weight is 311 g/mol. The topological polar surface area (TPSA) is 81.0 Å². The summed E-state index contributed by atoms with van der Waals surface area (Å²) in [5.41, 5.74) is 0. The van der Waals surface area contributed by atoms with E-state index >= 15 is 0 Å². The van der Waals surface area contributed by atoms with E-state index in [1.54, 1.807) is 0 Å². The molecule has 10 heteroatoms. The zero-order chi connectivity index (χ0) is 14.3. The summed E-state index contributed by atoms with van der Waals surface area (Å²) in [5.74, 6) is -0.0844. The molecule has 0 spiro atoms. The van der Waals surface area contributed by atoms with Crippen LogP contribution in [0.2, 0.25) is 10.6 Å². The second-order valence-corrected chi connectivity index (χ2v) is 3.45. The number of ether oxygens (including phenoxy) is 1. The van der Waals surface area contributed by atoms with Crippen LogP contribution in [0.25, 0.3) is 0 Å². The van der Waals surface area contributed by atoms with Crippen molar-refractivity contribution in [3.63, 3.8) is 0 Å². The van der Waals surface area contributed by atoms with Crippen molar-refractivity contribution in [1.82, 2.24) is 19.9 Å². The molecule has 2 rings (SSSR count). The number of aromatic hydroxyl groups is 1. The Morgan fingerprint density at radius 1 is 0.947 bits per heavy atom. The number of hydrogen-bond donors (Lipinski definition) is 1. The maximum absolute atomic E-state index is 11.5. The predicted octanol–water partition coefficient (Wildman–Crippen LogP) is 2.57. The lowest BCUT2D eigenvalue weighted by Gasteiger charge is -2.01.